The van der Waals surface area contributed by atoms with Gasteiger partial charge in [0, 0.05) is 86.6 Å². The summed E-state index contributed by atoms with van der Waals surface area (Å²) in [7, 11) is 4.12. The number of fused-ring (bicyclic) bond motifs is 5. The number of phenolic OH excluding ortho intramolecular Hbond substituents is 1. The van der Waals surface area contributed by atoms with Crippen LogP contribution in [0.5, 0.6) is 28.7 Å². The average Bonchev–Trinajstić information content (AvgIpc) is 3.52. The molecule has 4 heterocycles. The SMILES string of the molecule is COc1cc(C(CC(=O)NCCCCCC(=O)N2CC3CC(C2)c2cccc(=O)n2C3)C2=C(O)C3(Oc4c(Cl)c(OC)cc(OC)c4C3=O)C(C)CC2=O)ccc1O. The van der Waals surface area contributed by atoms with Crippen molar-refractivity contribution in [1.82, 2.24) is 14.8 Å². The zero-order chi connectivity index (χ0) is 41.5. The van der Waals surface area contributed by atoms with E-state index in [1.807, 2.05) is 15.5 Å². The smallest absolute Gasteiger partial charge is 0.250 e. The zero-order valence-corrected chi connectivity index (χ0v) is 33.7. The van der Waals surface area contributed by atoms with Crippen molar-refractivity contribution in [2.24, 2.45) is 11.8 Å². The highest BCUT2D eigenvalue weighted by atomic mass is 35.5. The molecule has 1 spiro atoms. The Bertz CT molecular complexity index is 2250. The molecule has 3 aliphatic heterocycles. The van der Waals surface area contributed by atoms with Crippen LogP contribution in [0, 0.1) is 11.8 Å². The number of aliphatic hydroxyl groups is 1. The van der Waals surface area contributed by atoms with E-state index in [1.54, 1.807) is 19.1 Å². The molecule has 3 N–H and O–H groups in total. The van der Waals surface area contributed by atoms with Gasteiger partial charge in [-0.25, -0.2) is 0 Å². The molecule has 1 aliphatic carbocycles. The number of ether oxygens (including phenoxy) is 4. The minimum atomic E-state index is -2.06. The number of benzene rings is 2. The molecule has 2 amide bonds. The molecule has 0 saturated carbocycles. The molecule has 5 atom stereocenters. The number of hydrogen-bond acceptors (Lipinski definition) is 11. The molecule has 2 aromatic carbocycles. The van der Waals surface area contributed by atoms with Gasteiger partial charge in [-0.2, -0.15) is 0 Å². The number of aromatic nitrogens is 1. The molecule has 58 heavy (non-hydrogen) atoms. The number of likely N-dealkylation sites (tertiary alicyclic amines) is 1. The lowest BCUT2D eigenvalue weighted by Crippen LogP contribution is -2.53. The number of pyridine rings is 1. The van der Waals surface area contributed by atoms with Gasteiger partial charge in [-0.1, -0.05) is 37.1 Å². The number of nitrogens with zero attached hydrogens (tertiary/aromatic N) is 2. The predicted octanol–water partition coefficient (Wildman–Crippen LogP) is 5.46. The lowest BCUT2D eigenvalue weighted by Gasteiger charge is -2.42. The Kier molecular flexibility index (Phi) is 11.5. The third-order valence-electron chi connectivity index (χ3n) is 12.1. The summed E-state index contributed by atoms with van der Waals surface area (Å²) in [6.07, 6.45) is 2.77. The van der Waals surface area contributed by atoms with Gasteiger partial charge in [-0.15, -0.1) is 0 Å². The summed E-state index contributed by atoms with van der Waals surface area (Å²) in [4.78, 5) is 69.5. The van der Waals surface area contributed by atoms with Crippen LogP contribution >= 0.6 is 11.6 Å². The minimum Gasteiger partial charge on any atom is -0.507 e. The summed E-state index contributed by atoms with van der Waals surface area (Å²) in [6, 6.07) is 11.2. The van der Waals surface area contributed by atoms with Crippen molar-refractivity contribution in [2.45, 2.75) is 75.9 Å². The first kappa shape index (κ1) is 40.7. The van der Waals surface area contributed by atoms with E-state index in [9.17, 15) is 34.2 Å². The highest BCUT2D eigenvalue weighted by molar-refractivity contribution is 6.35. The van der Waals surface area contributed by atoms with E-state index in [0.717, 1.165) is 12.1 Å². The lowest BCUT2D eigenvalue weighted by atomic mass is 9.69. The van der Waals surface area contributed by atoms with Crippen molar-refractivity contribution in [3.8, 4) is 28.7 Å². The number of amides is 2. The molecule has 3 aromatic rings. The molecule has 14 nitrogen and oxygen atoms in total. The summed E-state index contributed by atoms with van der Waals surface area (Å²) >= 11 is 6.61. The van der Waals surface area contributed by atoms with E-state index < -0.39 is 40.7 Å². The first-order valence-electron chi connectivity index (χ1n) is 19.6. The number of carbonyl (C=O) groups excluding carboxylic acids is 4. The van der Waals surface area contributed by atoms with Crippen molar-refractivity contribution >= 4 is 35.0 Å². The van der Waals surface area contributed by atoms with E-state index in [4.69, 9.17) is 30.5 Å². The Morgan fingerprint density at radius 2 is 1.72 bits per heavy atom. The Hall–Kier alpha value is -5.50. The maximum Gasteiger partial charge on any atom is 0.250 e. The van der Waals surface area contributed by atoms with E-state index >= 15 is 0 Å². The summed E-state index contributed by atoms with van der Waals surface area (Å²) in [6.45, 7) is 3.78. The van der Waals surface area contributed by atoms with Gasteiger partial charge < -0.3 is 43.9 Å². The summed E-state index contributed by atoms with van der Waals surface area (Å²) < 4.78 is 24.3. The van der Waals surface area contributed by atoms with Crippen LogP contribution in [0.15, 0.2) is 58.6 Å². The highest BCUT2D eigenvalue weighted by Crippen LogP contribution is 2.56. The monoisotopic (exact) mass is 817 g/mol. The molecule has 308 valence electrons. The van der Waals surface area contributed by atoms with Gasteiger partial charge in [0.05, 0.1) is 21.3 Å². The normalized spacial score (nSPS) is 22.6. The molecular weight excluding hydrogens is 770 g/mol. The maximum atomic E-state index is 14.4. The first-order valence-corrected chi connectivity index (χ1v) is 20.0. The van der Waals surface area contributed by atoms with E-state index in [-0.39, 0.29) is 81.1 Å². The number of unbranched alkanes of at least 4 members (excludes halogenated alkanes) is 2. The third kappa shape index (κ3) is 7.16. The number of aromatic hydroxyl groups is 1. The first-order chi connectivity index (χ1) is 27.8. The van der Waals surface area contributed by atoms with Crippen LogP contribution in [0.3, 0.4) is 0 Å². The summed E-state index contributed by atoms with van der Waals surface area (Å²) in [5.41, 5.74) is -0.870. The van der Waals surface area contributed by atoms with Gasteiger partial charge >= 0.3 is 0 Å². The second-order valence-corrected chi connectivity index (χ2v) is 16.0. The van der Waals surface area contributed by atoms with Crippen molar-refractivity contribution < 1.29 is 48.3 Å². The van der Waals surface area contributed by atoms with Crippen molar-refractivity contribution in [2.75, 3.05) is 41.0 Å². The van der Waals surface area contributed by atoms with Crippen LogP contribution in [-0.4, -0.2) is 89.6 Å². The van der Waals surface area contributed by atoms with Crippen LogP contribution in [0.2, 0.25) is 5.02 Å². The number of methoxy groups -OCH3 is 3. The fourth-order valence-corrected chi connectivity index (χ4v) is 9.42. The zero-order valence-electron chi connectivity index (χ0n) is 33.0. The third-order valence-corrected chi connectivity index (χ3v) is 12.4. The van der Waals surface area contributed by atoms with Crippen LogP contribution in [0.1, 0.15) is 85.3 Å². The number of rotatable bonds is 13. The quantitative estimate of drug-likeness (QED) is 0.186. The Morgan fingerprint density at radius 1 is 0.966 bits per heavy atom. The number of aliphatic hydroxyl groups excluding tert-OH is 1. The minimum absolute atomic E-state index is 0.00574. The number of ketones is 2. The Balaban J connectivity index is 1.04. The van der Waals surface area contributed by atoms with Gasteiger partial charge in [0.15, 0.2) is 28.8 Å². The number of nitrogens with one attached hydrogen (secondary N) is 1. The van der Waals surface area contributed by atoms with Crippen LogP contribution in [0.4, 0.5) is 0 Å². The molecule has 1 saturated heterocycles. The standard InChI is InChI=1S/C43H48ClN3O11/c1-23-15-30(49)37(41(53)43(23)42(54)38-32(56-3)19-33(57-4)39(44)40(38)58-43)27(25-12-13-29(48)31(17-25)55-2)18-34(50)45-14-7-5-6-10-35(51)46-20-24-16-26(22-46)28-9-8-11-36(52)47(28)21-24/h8-9,11-13,17,19,23-24,26-27,48,53H,5-7,10,14-16,18,20-22H2,1-4H3,(H,45,50). The summed E-state index contributed by atoms with van der Waals surface area (Å²) in [5.74, 6) is -3.49. The van der Waals surface area contributed by atoms with Gasteiger partial charge in [-0.05, 0) is 48.9 Å². The molecule has 15 heteroatoms. The topological polar surface area (TPSA) is 183 Å². The Morgan fingerprint density at radius 3 is 2.47 bits per heavy atom. The number of phenols is 1. The van der Waals surface area contributed by atoms with Crippen LogP contribution in [-0.2, 0) is 20.9 Å². The predicted molar refractivity (Wildman–Crippen MR) is 212 cm³/mol. The van der Waals surface area contributed by atoms with Gasteiger partial charge in [-0.3, -0.25) is 24.0 Å². The van der Waals surface area contributed by atoms with Crippen molar-refractivity contribution in [3.63, 3.8) is 0 Å². The molecule has 2 bridgehead atoms. The van der Waals surface area contributed by atoms with Crippen molar-refractivity contribution in [1.29, 1.82) is 0 Å². The van der Waals surface area contributed by atoms with Crippen LogP contribution in [0.25, 0.3) is 0 Å². The van der Waals surface area contributed by atoms with Crippen molar-refractivity contribution in [3.05, 3.63) is 86.0 Å². The average molecular weight is 818 g/mol. The van der Waals surface area contributed by atoms with Gasteiger partial charge in [0.2, 0.25) is 23.2 Å². The number of allylic oxidation sites excluding steroid dienone is 1. The largest absolute Gasteiger partial charge is 0.507 e. The molecule has 1 fully saturated rings. The summed E-state index contributed by atoms with van der Waals surface area (Å²) in [5, 5.41) is 25.4. The molecule has 5 unspecified atom stereocenters. The van der Waals surface area contributed by atoms with Gasteiger partial charge in [0.25, 0.3) is 5.56 Å². The highest BCUT2D eigenvalue weighted by Gasteiger charge is 2.61. The number of hydrogen-bond donors (Lipinski definition) is 3. The van der Waals surface area contributed by atoms with E-state index in [0.29, 0.717) is 57.4 Å². The van der Waals surface area contributed by atoms with E-state index in [2.05, 4.69) is 5.32 Å². The fourth-order valence-electron chi connectivity index (χ4n) is 9.16. The number of Topliss-reactive ketones (excluding diaryl/α,β-unsaturated/α-hetero) is 2. The molecule has 7 rings (SSSR count). The van der Waals surface area contributed by atoms with Gasteiger partial charge in [0.1, 0.15) is 22.1 Å². The number of carbonyl (C=O) groups is 4. The second kappa shape index (κ2) is 16.4. The molecule has 4 aliphatic rings. The molecular formula is C43H48ClN3O11. The molecule has 0 radical (unpaired) electrons. The number of halogens is 1. The van der Waals surface area contributed by atoms with Crippen LogP contribution < -0.4 is 29.8 Å². The fraction of sp³-hybridized carbons (Fsp3) is 0.465. The maximum absolute atomic E-state index is 14.4. The second-order valence-electron chi connectivity index (χ2n) is 15.6. The Labute approximate surface area is 340 Å². The van der Waals surface area contributed by atoms with E-state index in [1.165, 1.54) is 45.6 Å². The molecule has 1 aromatic heterocycles. The lowest BCUT2D eigenvalue weighted by molar-refractivity contribution is -0.134. The number of piperidine rings is 1.